The summed E-state index contributed by atoms with van der Waals surface area (Å²) in [5.41, 5.74) is 4.05. The number of nitriles is 1. The molecule has 0 radical (unpaired) electrons. The summed E-state index contributed by atoms with van der Waals surface area (Å²) in [6, 6.07) is 10.4. The molecule has 0 spiro atoms. The highest BCUT2D eigenvalue weighted by Gasteiger charge is 2.26. The van der Waals surface area contributed by atoms with Crippen molar-refractivity contribution in [1.82, 2.24) is 4.98 Å². The number of anilines is 1. The van der Waals surface area contributed by atoms with Crippen molar-refractivity contribution >= 4 is 45.2 Å². The van der Waals surface area contributed by atoms with Gasteiger partial charge in [-0.1, -0.05) is 38.1 Å². The van der Waals surface area contributed by atoms with Crippen molar-refractivity contribution in [1.29, 1.82) is 5.26 Å². The molecule has 3 aromatic rings. The Morgan fingerprint density at radius 1 is 1.23 bits per heavy atom. The predicted octanol–water partition coefficient (Wildman–Crippen LogP) is 6.32. The average molecular weight is 510 g/mol. The van der Waals surface area contributed by atoms with Crippen molar-refractivity contribution in [2.24, 2.45) is 5.92 Å². The van der Waals surface area contributed by atoms with E-state index in [-0.39, 0.29) is 12.2 Å². The number of esters is 2. The first-order valence-corrected chi connectivity index (χ1v) is 12.8. The molecule has 182 valence electrons. The molecule has 0 unspecified atom stereocenters. The van der Waals surface area contributed by atoms with Crippen molar-refractivity contribution in [3.8, 4) is 17.3 Å². The molecule has 1 N–H and O–H groups in total. The summed E-state index contributed by atoms with van der Waals surface area (Å²) in [6.07, 6.45) is 2.51. The maximum Gasteiger partial charge on any atom is 0.348 e. The quantitative estimate of drug-likeness (QED) is 0.266. The SMILES string of the molecule is CCOC(=O)c1c(NC=C(C#N)c2nc(-c3ccc(CC(C)C)cc3)cs2)sc(C(=O)OC)c1C. The van der Waals surface area contributed by atoms with Crippen LogP contribution in [0.25, 0.3) is 16.8 Å². The van der Waals surface area contributed by atoms with Gasteiger partial charge in [0.25, 0.3) is 0 Å². The highest BCUT2D eigenvalue weighted by molar-refractivity contribution is 7.18. The number of ether oxygens (including phenoxy) is 2. The second-order valence-corrected chi connectivity index (χ2v) is 10.00. The Morgan fingerprint density at radius 3 is 2.54 bits per heavy atom. The van der Waals surface area contributed by atoms with Gasteiger partial charge >= 0.3 is 11.9 Å². The van der Waals surface area contributed by atoms with Crippen molar-refractivity contribution < 1.29 is 19.1 Å². The molecule has 2 aromatic heterocycles. The van der Waals surface area contributed by atoms with Crippen LogP contribution in [0.3, 0.4) is 0 Å². The lowest BCUT2D eigenvalue weighted by atomic mass is 10.0. The van der Waals surface area contributed by atoms with Crippen LogP contribution in [0.4, 0.5) is 5.00 Å². The number of allylic oxidation sites excluding steroid dienone is 1. The molecule has 0 aliphatic heterocycles. The number of rotatable bonds is 9. The topological polar surface area (TPSA) is 101 Å². The van der Waals surface area contributed by atoms with Crippen molar-refractivity contribution in [3.63, 3.8) is 0 Å². The molecule has 0 amide bonds. The van der Waals surface area contributed by atoms with E-state index in [1.807, 2.05) is 17.5 Å². The van der Waals surface area contributed by atoms with Crippen molar-refractivity contribution in [2.75, 3.05) is 19.0 Å². The lowest BCUT2D eigenvalue weighted by Gasteiger charge is -2.05. The number of benzene rings is 1. The number of carbonyl (C=O) groups is 2. The molecular weight excluding hydrogens is 482 g/mol. The number of methoxy groups -OCH3 is 1. The van der Waals surface area contributed by atoms with E-state index in [1.54, 1.807) is 13.8 Å². The molecule has 9 heteroatoms. The lowest BCUT2D eigenvalue weighted by Crippen LogP contribution is -2.08. The predicted molar refractivity (Wildman–Crippen MR) is 140 cm³/mol. The van der Waals surface area contributed by atoms with E-state index in [2.05, 4.69) is 42.4 Å². The van der Waals surface area contributed by atoms with E-state index in [4.69, 9.17) is 9.47 Å². The number of thiazole rings is 1. The summed E-state index contributed by atoms with van der Waals surface area (Å²) < 4.78 is 9.98. The fourth-order valence-corrected chi connectivity index (χ4v) is 5.32. The van der Waals surface area contributed by atoms with Gasteiger partial charge in [0.1, 0.15) is 26.5 Å². The van der Waals surface area contributed by atoms with Crippen LogP contribution in [0.5, 0.6) is 0 Å². The maximum atomic E-state index is 12.5. The van der Waals surface area contributed by atoms with Crippen molar-refractivity contribution in [2.45, 2.75) is 34.1 Å². The van der Waals surface area contributed by atoms with Gasteiger partial charge in [0.15, 0.2) is 0 Å². The van der Waals surface area contributed by atoms with Gasteiger partial charge in [-0.2, -0.15) is 5.26 Å². The fraction of sp³-hybridized carbons (Fsp3) is 0.308. The molecule has 7 nitrogen and oxygen atoms in total. The van der Waals surface area contributed by atoms with Gasteiger partial charge < -0.3 is 14.8 Å². The lowest BCUT2D eigenvalue weighted by molar-refractivity contribution is 0.0527. The smallest absolute Gasteiger partial charge is 0.348 e. The molecule has 1 aromatic carbocycles. The molecule has 0 aliphatic rings. The minimum atomic E-state index is -0.553. The molecule has 3 rings (SSSR count). The zero-order valence-electron chi connectivity index (χ0n) is 20.3. The number of carbonyl (C=O) groups excluding carboxylic acids is 2. The third-order valence-electron chi connectivity index (χ3n) is 5.09. The number of thiophene rings is 1. The fourth-order valence-electron chi connectivity index (χ4n) is 3.44. The maximum absolute atomic E-state index is 12.5. The van der Waals surface area contributed by atoms with Gasteiger partial charge in [-0.25, -0.2) is 14.6 Å². The molecule has 35 heavy (non-hydrogen) atoms. The van der Waals surface area contributed by atoms with Gasteiger partial charge in [-0.3, -0.25) is 0 Å². The Hall–Kier alpha value is -3.48. The van der Waals surface area contributed by atoms with Gasteiger partial charge in [0.05, 0.1) is 25.0 Å². The monoisotopic (exact) mass is 509 g/mol. The Labute approximate surface area is 213 Å². The molecule has 0 bridgehead atoms. The average Bonchev–Trinajstić information content (AvgIpc) is 3.44. The summed E-state index contributed by atoms with van der Waals surface area (Å²) >= 11 is 2.43. The summed E-state index contributed by atoms with van der Waals surface area (Å²) in [6.45, 7) is 7.94. The summed E-state index contributed by atoms with van der Waals surface area (Å²) in [5.74, 6) is -0.509. The van der Waals surface area contributed by atoms with Crippen LogP contribution < -0.4 is 5.32 Å². The summed E-state index contributed by atoms with van der Waals surface area (Å²) in [7, 11) is 1.28. The highest BCUT2D eigenvalue weighted by atomic mass is 32.1. The number of hydrogen-bond acceptors (Lipinski definition) is 9. The Morgan fingerprint density at radius 2 is 1.94 bits per heavy atom. The number of hydrogen-bond donors (Lipinski definition) is 1. The van der Waals surface area contributed by atoms with E-state index < -0.39 is 11.9 Å². The first kappa shape index (κ1) is 26.1. The number of aromatic nitrogens is 1. The zero-order chi connectivity index (χ0) is 25.5. The second kappa shape index (κ2) is 11.8. The number of nitrogens with zero attached hydrogens (tertiary/aromatic N) is 2. The Kier molecular flexibility index (Phi) is 8.79. The van der Waals surface area contributed by atoms with E-state index >= 15 is 0 Å². The van der Waals surface area contributed by atoms with E-state index in [0.717, 1.165) is 29.0 Å². The largest absolute Gasteiger partial charge is 0.465 e. The van der Waals surface area contributed by atoms with Gasteiger partial charge in [0.2, 0.25) is 0 Å². The molecule has 0 saturated carbocycles. The van der Waals surface area contributed by atoms with Crippen molar-refractivity contribution in [3.05, 3.63) is 62.4 Å². The van der Waals surface area contributed by atoms with E-state index in [0.29, 0.717) is 31.9 Å². The van der Waals surface area contributed by atoms with Crippen LogP contribution in [-0.4, -0.2) is 30.6 Å². The van der Waals surface area contributed by atoms with Crippen LogP contribution in [-0.2, 0) is 15.9 Å². The van der Waals surface area contributed by atoms with Gasteiger partial charge in [-0.15, -0.1) is 22.7 Å². The first-order valence-electron chi connectivity index (χ1n) is 11.1. The van der Waals surface area contributed by atoms with Crippen LogP contribution in [0.1, 0.15) is 56.9 Å². The zero-order valence-corrected chi connectivity index (χ0v) is 21.9. The minimum absolute atomic E-state index is 0.195. The summed E-state index contributed by atoms with van der Waals surface area (Å²) in [5, 5.41) is 15.6. The molecule has 2 heterocycles. The third kappa shape index (κ3) is 6.15. The molecular formula is C26H27N3O4S2. The Bertz CT molecular complexity index is 1280. The second-order valence-electron chi connectivity index (χ2n) is 8.12. The standard InChI is InChI=1S/C26H27N3O4S2/c1-6-33-25(30)21-16(4)22(26(31)32-5)35-24(21)28-13-19(12-27)23-29-20(14-34-23)18-9-7-17(8-10-18)11-15(2)3/h7-10,13-15,28H,6,11H2,1-5H3. The highest BCUT2D eigenvalue weighted by Crippen LogP contribution is 2.35. The van der Waals surface area contributed by atoms with Gasteiger partial charge in [-0.05, 0) is 37.3 Å². The molecule has 0 fully saturated rings. The summed E-state index contributed by atoms with van der Waals surface area (Å²) in [4.78, 5) is 29.6. The van der Waals surface area contributed by atoms with E-state index in [9.17, 15) is 14.9 Å². The van der Waals surface area contributed by atoms with E-state index in [1.165, 1.54) is 30.2 Å². The molecule has 0 aliphatic carbocycles. The van der Waals surface area contributed by atoms with Crippen LogP contribution >= 0.6 is 22.7 Å². The van der Waals surface area contributed by atoms with Crippen LogP contribution in [0.15, 0.2) is 35.8 Å². The van der Waals surface area contributed by atoms with Crippen LogP contribution in [0.2, 0.25) is 0 Å². The van der Waals surface area contributed by atoms with Crippen LogP contribution in [0, 0.1) is 24.2 Å². The minimum Gasteiger partial charge on any atom is -0.465 e. The molecule has 0 saturated heterocycles. The number of nitrogens with one attached hydrogen (secondary N) is 1. The van der Waals surface area contributed by atoms with Gasteiger partial charge in [0, 0.05) is 17.1 Å². The Balaban J connectivity index is 1.88. The molecule has 0 atom stereocenters. The first-order chi connectivity index (χ1) is 16.8. The third-order valence-corrected chi connectivity index (χ3v) is 7.17. The normalized spacial score (nSPS) is 11.3.